The summed E-state index contributed by atoms with van der Waals surface area (Å²) < 4.78 is 5.01. The zero-order valence-corrected chi connectivity index (χ0v) is 21.9. The monoisotopic (exact) mass is 518 g/mol. The van der Waals surface area contributed by atoms with E-state index in [1.54, 1.807) is 21.9 Å². The fourth-order valence-corrected chi connectivity index (χ4v) is 6.38. The number of carbonyl (C=O) groups is 4. The number of methoxy groups -OCH3 is 1. The van der Waals surface area contributed by atoms with Crippen molar-refractivity contribution in [2.75, 3.05) is 39.8 Å². The van der Waals surface area contributed by atoms with E-state index in [-0.39, 0.29) is 30.8 Å². The molecule has 2 N–H and O–H groups in total. The molecule has 0 aromatic carbocycles. The molecule has 9 nitrogen and oxygen atoms in total. The first-order valence-electron chi connectivity index (χ1n) is 13.2. The molecular weight excluding hydrogens is 480 g/mol. The van der Waals surface area contributed by atoms with E-state index in [0.717, 1.165) is 51.6 Å². The van der Waals surface area contributed by atoms with E-state index in [1.807, 2.05) is 5.38 Å². The maximum absolute atomic E-state index is 13.6. The largest absolute Gasteiger partial charge is 0.467 e. The van der Waals surface area contributed by atoms with Crippen LogP contribution in [0.15, 0.2) is 17.5 Å². The highest BCUT2D eigenvalue weighted by Gasteiger charge is 2.40. The molecule has 1 aromatic rings. The molecule has 2 atom stereocenters. The number of nitrogens with zero attached hydrogens (tertiary/aromatic N) is 2. The van der Waals surface area contributed by atoms with Crippen LogP contribution in [-0.4, -0.2) is 85.4 Å². The Morgan fingerprint density at radius 3 is 2.53 bits per heavy atom. The van der Waals surface area contributed by atoms with Crippen LogP contribution < -0.4 is 10.6 Å². The first-order chi connectivity index (χ1) is 17.5. The van der Waals surface area contributed by atoms with Crippen molar-refractivity contribution in [1.29, 1.82) is 0 Å². The molecule has 1 saturated carbocycles. The molecule has 4 rings (SSSR count). The third kappa shape index (κ3) is 6.45. The number of hydrogen-bond donors (Lipinski definition) is 2. The number of esters is 1. The van der Waals surface area contributed by atoms with Gasteiger partial charge in [-0.2, -0.15) is 0 Å². The highest BCUT2D eigenvalue weighted by Crippen LogP contribution is 2.28. The number of piperazine rings is 1. The van der Waals surface area contributed by atoms with Crippen molar-refractivity contribution in [1.82, 2.24) is 20.4 Å². The summed E-state index contributed by atoms with van der Waals surface area (Å²) in [4.78, 5) is 56.6. The fourth-order valence-electron chi connectivity index (χ4n) is 5.70. The molecule has 198 valence electrons. The molecule has 2 saturated heterocycles. The van der Waals surface area contributed by atoms with E-state index in [2.05, 4.69) is 10.6 Å². The van der Waals surface area contributed by atoms with Crippen LogP contribution in [0, 0.1) is 11.8 Å². The van der Waals surface area contributed by atoms with Crippen molar-refractivity contribution in [3.8, 4) is 0 Å². The highest BCUT2D eigenvalue weighted by atomic mass is 32.1. The molecule has 0 spiro atoms. The SMILES string of the molecule is COC(=O)C(CC1CCCCC1)NC(=O)C1CN(C(=O)C2CCNCC2)CCN1C(=O)c1cccs1. The van der Waals surface area contributed by atoms with Gasteiger partial charge in [-0.1, -0.05) is 38.2 Å². The lowest BCUT2D eigenvalue weighted by Crippen LogP contribution is -2.63. The molecule has 1 aromatic heterocycles. The third-order valence-corrected chi connectivity index (χ3v) is 8.63. The standard InChI is InChI=1S/C26H38N4O5S/c1-35-26(34)20(16-18-6-3-2-4-7-18)28-23(31)21-17-29(24(32)19-9-11-27-12-10-19)13-14-30(21)25(33)22-8-5-15-36-22/h5,8,15,18-21,27H,2-4,6-7,9-14,16-17H2,1H3,(H,28,31). The lowest BCUT2D eigenvalue weighted by atomic mass is 9.84. The Morgan fingerprint density at radius 2 is 1.86 bits per heavy atom. The summed E-state index contributed by atoms with van der Waals surface area (Å²) in [5.41, 5.74) is 0. The smallest absolute Gasteiger partial charge is 0.328 e. The van der Waals surface area contributed by atoms with Gasteiger partial charge in [-0.25, -0.2) is 4.79 Å². The lowest BCUT2D eigenvalue weighted by molar-refractivity contribution is -0.148. The van der Waals surface area contributed by atoms with Crippen molar-refractivity contribution in [2.45, 2.75) is 63.5 Å². The van der Waals surface area contributed by atoms with Crippen LogP contribution in [0.1, 0.15) is 61.0 Å². The number of ether oxygens (including phenoxy) is 1. The van der Waals surface area contributed by atoms with Crippen LogP contribution >= 0.6 is 11.3 Å². The Labute approximate surface area is 216 Å². The molecule has 1 aliphatic carbocycles. The topological polar surface area (TPSA) is 108 Å². The van der Waals surface area contributed by atoms with Crippen LogP contribution in [0.4, 0.5) is 0 Å². The van der Waals surface area contributed by atoms with Crippen molar-refractivity contribution in [2.24, 2.45) is 11.8 Å². The van der Waals surface area contributed by atoms with Gasteiger partial charge in [0, 0.05) is 19.0 Å². The van der Waals surface area contributed by atoms with Gasteiger partial charge < -0.3 is 25.2 Å². The first-order valence-corrected chi connectivity index (χ1v) is 14.1. The summed E-state index contributed by atoms with van der Waals surface area (Å²) in [5.74, 6) is -0.761. The zero-order valence-electron chi connectivity index (χ0n) is 21.1. The molecule has 10 heteroatoms. The van der Waals surface area contributed by atoms with E-state index in [4.69, 9.17) is 4.74 Å². The lowest BCUT2D eigenvalue weighted by Gasteiger charge is -2.42. The molecular formula is C26H38N4O5S. The van der Waals surface area contributed by atoms with Crippen LogP contribution in [0.5, 0.6) is 0 Å². The van der Waals surface area contributed by atoms with Crippen molar-refractivity contribution < 1.29 is 23.9 Å². The molecule has 3 fully saturated rings. The normalized spacial score (nSPS) is 22.6. The van der Waals surface area contributed by atoms with Crippen LogP contribution in [-0.2, 0) is 19.1 Å². The molecule has 0 bridgehead atoms. The number of piperidine rings is 1. The van der Waals surface area contributed by atoms with Gasteiger partial charge in [0.25, 0.3) is 5.91 Å². The molecule has 36 heavy (non-hydrogen) atoms. The van der Waals surface area contributed by atoms with E-state index in [1.165, 1.54) is 24.9 Å². The minimum absolute atomic E-state index is 0.0456. The predicted molar refractivity (Wildman–Crippen MR) is 136 cm³/mol. The van der Waals surface area contributed by atoms with Gasteiger partial charge in [-0.05, 0) is 49.7 Å². The van der Waals surface area contributed by atoms with Crippen molar-refractivity contribution in [3.63, 3.8) is 0 Å². The van der Waals surface area contributed by atoms with E-state index >= 15 is 0 Å². The summed E-state index contributed by atoms with van der Waals surface area (Å²) in [7, 11) is 1.33. The van der Waals surface area contributed by atoms with Gasteiger partial charge in [0.05, 0.1) is 18.5 Å². The summed E-state index contributed by atoms with van der Waals surface area (Å²) in [6.45, 7) is 2.41. The predicted octanol–water partition coefficient (Wildman–Crippen LogP) is 2.03. The second-order valence-corrected chi connectivity index (χ2v) is 11.1. The second kappa shape index (κ2) is 12.7. The van der Waals surface area contributed by atoms with Crippen LogP contribution in [0.2, 0.25) is 0 Å². The number of thiophene rings is 1. The average Bonchev–Trinajstić information content (AvgIpc) is 3.47. The minimum atomic E-state index is -0.863. The summed E-state index contributed by atoms with van der Waals surface area (Å²) in [6, 6.07) is 1.92. The van der Waals surface area contributed by atoms with Gasteiger partial charge in [0.2, 0.25) is 11.8 Å². The van der Waals surface area contributed by atoms with Crippen molar-refractivity contribution >= 4 is 35.0 Å². The molecule has 3 amide bonds. The number of carbonyl (C=O) groups excluding carboxylic acids is 4. The van der Waals surface area contributed by atoms with Crippen molar-refractivity contribution in [3.05, 3.63) is 22.4 Å². The van der Waals surface area contributed by atoms with E-state index in [9.17, 15) is 19.2 Å². The molecule has 3 heterocycles. The molecule has 2 unspecified atom stereocenters. The second-order valence-electron chi connectivity index (χ2n) is 10.1. The quantitative estimate of drug-likeness (QED) is 0.535. The Kier molecular flexibility index (Phi) is 9.36. The zero-order chi connectivity index (χ0) is 25.5. The third-order valence-electron chi connectivity index (χ3n) is 7.77. The van der Waals surface area contributed by atoms with Gasteiger partial charge in [0.15, 0.2) is 0 Å². The Hall–Kier alpha value is -2.46. The fraction of sp³-hybridized carbons (Fsp3) is 0.692. The molecule has 3 aliphatic rings. The average molecular weight is 519 g/mol. The summed E-state index contributed by atoms with van der Waals surface area (Å²) in [5, 5.41) is 8.01. The van der Waals surface area contributed by atoms with E-state index < -0.39 is 24.0 Å². The van der Waals surface area contributed by atoms with Gasteiger partial charge in [-0.3, -0.25) is 14.4 Å². The summed E-state index contributed by atoms with van der Waals surface area (Å²) >= 11 is 1.33. The van der Waals surface area contributed by atoms with Crippen LogP contribution in [0.25, 0.3) is 0 Å². The Balaban J connectivity index is 1.50. The number of amides is 3. The van der Waals surface area contributed by atoms with Gasteiger partial charge >= 0.3 is 5.97 Å². The number of hydrogen-bond acceptors (Lipinski definition) is 7. The van der Waals surface area contributed by atoms with E-state index in [0.29, 0.717) is 23.8 Å². The highest BCUT2D eigenvalue weighted by molar-refractivity contribution is 7.12. The van der Waals surface area contributed by atoms with Gasteiger partial charge in [0.1, 0.15) is 12.1 Å². The minimum Gasteiger partial charge on any atom is -0.467 e. The molecule has 2 aliphatic heterocycles. The summed E-state index contributed by atoms with van der Waals surface area (Å²) in [6.07, 6.45) is 7.61. The van der Waals surface area contributed by atoms with Gasteiger partial charge in [-0.15, -0.1) is 11.3 Å². The maximum atomic E-state index is 13.6. The van der Waals surface area contributed by atoms with Crippen LogP contribution in [0.3, 0.4) is 0 Å². The number of rotatable bonds is 7. The first kappa shape index (κ1) is 26.6. The Bertz CT molecular complexity index is 911. The number of nitrogens with one attached hydrogen (secondary N) is 2. The Morgan fingerprint density at radius 1 is 1.11 bits per heavy atom. The maximum Gasteiger partial charge on any atom is 0.328 e. The molecule has 0 radical (unpaired) electrons.